The lowest BCUT2D eigenvalue weighted by molar-refractivity contribution is -0.275. The highest BCUT2D eigenvalue weighted by Gasteiger charge is 2.34. The van der Waals surface area contributed by atoms with E-state index in [9.17, 15) is 21.6 Å². The predicted octanol–water partition coefficient (Wildman–Crippen LogP) is 3.50. The number of aromatic nitrogens is 2. The van der Waals surface area contributed by atoms with Crippen molar-refractivity contribution < 1.29 is 26.3 Å². The van der Waals surface area contributed by atoms with E-state index in [1.807, 2.05) is 0 Å². The molecule has 1 N–H and O–H groups in total. The van der Waals surface area contributed by atoms with Crippen molar-refractivity contribution in [3.63, 3.8) is 0 Å². The first-order chi connectivity index (χ1) is 10.9. The average Bonchev–Trinajstić information content (AvgIpc) is 2.63. The van der Waals surface area contributed by atoms with Crippen LogP contribution in [0.1, 0.15) is 11.4 Å². The van der Waals surface area contributed by atoms with Gasteiger partial charge in [-0.1, -0.05) is 15.9 Å². The number of nitrogens with one attached hydrogen (secondary N) is 1. The molecule has 0 radical (unpaired) electrons. The van der Waals surface area contributed by atoms with Crippen LogP contribution in [0.25, 0.3) is 0 Å². The van der Waals surface area contributed by atoms with Gasteiger partial charge < -0.3 is 4.74 Å². The molecule has 6 nitrogen and oxygen atoms in total. The fourth-order valence-electron chi connectivity index (χ4n) is 2.02. The van der Waals surface area contributed by atoms with Crippen molar-refractivity contribution >= 4 is 31.6 Å². The lowest BCUT2D eigenvalue weighted by atomic mass is 10.3. The van der Waals surface area contributed by atoms with Crippen LogP contribution < -0.4 is 9.46 Å². The molecular weight excluding hydrogens is 415 g/mol. The summed E-state index contributed by atoms with van der Waals surface area (Å²) >= 11 is 2.99. The molecule has 0 unspecified atom stereocenters. The first-order valence-corrected chi connectivity index (χ1v) is 8.76. The topological polar surface area (TPSA) is 73.2 Å². The van der Waals surface area contributed by atoms with Crippen LogP contribution >= 0.6 is 15.9 Å². The minimum Gasteiger partial charge on any atom is -0.404 e. The Balaban J connectivity index is 2.50. The predicted molar refractivity (Wildman–Crippen MR) is 84.3 cm³/mol. The molecule has 24 heavy (non-hydrogen) atoms. The molecule has 0 saturated heterocycles. The standard InChI is InChI=1S/C13H13BrF3N3O3S/c1-7-12(8(2)20(3)18-7)19-24(21,22)11-5-4-9(14)6-10(11)23-13(15,16)17/h4-6,19H,1-3H3. The highest BCUT2D eigenvalue weighted by atomic mass is 79.9. The number of ether oxygens (including phenoxy) is 1. The van der Waals surface area contributed by atoms with Crippen LogP contribution in [0.2, 0.25) is 0 Å². The first-order valence-electron chi connectivity index (χ1n) is 6.49. The SMILES string of the molecule is Cc1nn(C)c(C)c1NS(=O)(=O)c1ccc(Br)cc1OC(F)(F)F. The molecule has 1 aromatic carbocycles. The number of hydrogen-bond donors (Lipinski definition) is 1. The van der Waals surface area contributed by atoms with Gasteiger partial charge in [0, 0.05) is 11.5 Å². The third-order valence-electron chi connectivity index (χ3n) is 3.17. The van der Waals surface area contributed by atoms with Crippen molar-refractivity contribution in [3.8, 4) is 5.75 Å². The number of anilines is 1. The molecule has 0 saturated carbocycles. The number of alkyl halides is 3. The maximum Gasteiger partial charge on any atom is 0.573 e. The summed E-state index contributed by atoms with van der Waals surface area (Å²) in [7, 11) is -2.69. The fraction of sp³-hybridized carbons (Fsp3) is 0.308. The van der Waals surface area contributed by atoms with Crippen molar-refractivity contribution in [2.75, 3.05) is 4.72 Å². The molecule has 2 aromatic rings. The van der Waals surface area contributed by atoms with Gasteiger partial charge in [0.05, 0.1) is 17.1 Å². The minimum absolute atomic E-state index is 0.207. The zero-order valence-corrected chi connectivity index (χ0v) is 15.2. The number of nitrogens with zero attached hydrogens (tertiary/aromatic N) is 2. The van der Waals surface area contributed by atoms with Crippen molar-refractivity contribution in [2.45, 2.75) is 25.1 Å². The summed E-state index contributed by atoms with van der Waals surface area (Å²) in [5, 5.41) is 4.06. The van der Waals surface area contributed by atoms with Crippen LogP contribution in [0, 0.1) is 13.8 Å². The number of benzene rings is 1. The molecule has 132 valence electrons. The van der Waals surface area contributed by atoms with Gasteiger partial charge in [-0.15, -0.1) is 13.2 Å². The Hall–Kier alpha value is -1.75. The van der Waals surface area contributed by atoms with E-state index in [0.29, 0.717) is 11.4 Å². The van der Waals surface area contributed by atoms with Crippen LogP contribution in [-0.2, 0) is 17.1 Å². The van der Waals surface area contributed by atoms with E-state index in [0.717, 1.165) is 12.1 Å². The molecule has 0 spiro atoms. The van der Waals surface area contributed by atoms with Crippen molar-refractivity contribution in [3.05, 3.63) is 34.1 Å². The van der Waals surface area contributed by atoms with Crippen LogP contribution in [0.5, 0.6) is 5.75 Å². The Morgan fingerprint density at radius 2 is 1.92 bits per heavy atom. The quantitative estimate of drug-likeness (QED) is 0.810. The Labute approximate surface area is 144 Å². The molecule has 11 heteroatoms. The zero-order valence-electron chi connectivity index (χ0n) is 12.8. The minimum atomic E-state index is -5.02. The van der Waals surface area contributed by atoms with E-state index in [-0.39, 0.29) is 10.2 Å². The molecule has 1 aromatic heterocycles. The average molecular weight is 428 g/mol. The number of halogens is 4. The van der Waals surface area contributed by atoms with Gasteiger partial charge in [-0.25, -0.2) is 8.42 Å². The summed E-state index contributed by atoms with van der Waals surface area (Å²) in [5.41, 5.74) is 1.12. The third kappa shape index (κ3) is 4.01. The summed E-state index contributed by atoms with van der Waals surface area (Å²) in [6, 6.07) is 3.26. The number of aryl methyl sites for hydroxylation is 2. The van der Waals surface area contributed by atoms with Crippen LogP contribution in [0.4, 0.5) is 18.9 Å². The van der Waals surface area contributed by atoms with Crippen molar-refractivity contribution in [1.29, 1.82) is 0 Å². The number of rotatable bonds is 4. The summed E-state index contributed by atoms with van der Waals surface area (Å²) in [5.74, 6) is -0.830. The first kappa shape index (κ1) is 18.6. The second-order valence-electron chi connectivity index (χ2n) is 4.91. The van der Waals surface area contributed by atoms with Crippen molar-refractivity contribution in [2.24, 2.45) is 7.05 Å². The molecule has 0 amide bonds. The second-order valence-corrected chi connectivity index (χ2v) is 7.48. The van der Waals surface area contributed by atoms with Gasteiger partial charge in [0.15, 0.2) is 5.75 Å². The van der Waals surface area contributed by atoms with Gasteiger partial charge in [-0.05, 0) is 32.0 Å². The summed E-state index contributed by atoms with van der Waals surface area (Å²) in [6.45, 7) is 3.21. The fourth-order valence-corrected chi connectivity index (χ4v) is 3.65. The van der Waals surface area contributed by atoms with Crippen molar-refractivity contribution in [1.82, 2.24) is 9.78 Å². The Morgan fingerprint density at radius 3 is 2.42 bits per heavy atom. The van der Waals surface area contributed by atoms with E-state index >= 15 is 0 Å². The molecule has 0 aliphatic heterocycles. The number of hydrogen-bond acceptors (Lipinski definition) is 4. The second kappa shape index (κ2) is 6.28. The van der Waals surface area contributed by atoms with Gasteiger partial charge in [0.1, 0.15) is 4.90 Å². The molecule has 2 rings (SSSR count). The van der Waals surface area contributed by atoms with Crippen LogP contribution in [0.3, 0.4) is 0 Å². The zero-order chi connectivity index (χ0) is 18.3. The summed E-state index contributed by atoms with van der Waals surface area (Å²) < 4.78 is 70.4. The molecule has 1 heterocycles. The molecule has 0 fully saturated rings. The van der Waals surface area contributed by atoms with E-state index in [1.54, 1.807) is 20.9 Å². The molecule has 0 aliphatic carbocycles. The largest absolute Gasteiger partial charge is 0.573 e. The Morgan fingerprint density at radius 1 is 1.29 bits per heavy atom. The summed E-state index contributed by atoms with van der Waals surface area (Å²) in [6.07, 6.45) is -5.02. The molecule has 0 atom stereocenters. The van der Waals surface area contributed by atoms with Crippen LogP contribution in [-0.4, -0.2) is 24.6 Å². The Bertz CT molecular complexity index is 879. The smallest absolute Gasteiger partial charge is 0.404 e. The van der Waals surface area contributed by atoms with Gasteiger partial charge in [0.25, 0.3) is 10.0 Å². The van der Waals surface area contributed by atoms with E-state index in [4.69, 9.17) is 0 Å². The highest BCUT2D eigenvalue weighted by molar-refractivity contribution is 9.10. The Kier molecular flexibility index (Phi) is 4.86. The normalized spacial score (nSPS) is 12.3. The molecule has 0 bridgehead atoms. The van der Waals surface area contributed by atoms with E-state index in [2.05, 4.69) is 30.5 Å². The maximum absolute atomic E-state index is 12.5. The number of sulfonamides is 1. The van der Waals surface area contributed by atoms with Gasteiger partial charge >= 0.3 is 6.36 Å². The monoisotopic (exact) mass is 427 g/mol. The molecular formula is C13H13BrF3N3O3S. The van der Waals surface area contributed by atoms with Gasteiger partial charge in [-0.3, -0.25) is 9.40 Å². The summed E-state index contributed by atoms with van der Waals surface area (Å²) in [4.78, 5) is -0.634. The molecule has 0 aliphatic rings. The van der Waals surface area contributed by atoms with Crippen LogP contribution in [0.15, 0.2) is 27.6 Å². The highest BCUT2D eigenvalue weighted by Crippen LogP contribution is 2.34. The lowest BCUT2D eigenvalue weighted by Crippen LogP contribution is -2.21. The van der Waals surface area contributed by atoms with Gasteiger partial charge in [-0.2, -0.15) is 5.10 Å². The van der Waals surface area contributed by atoms with E-state index in [1.165, 1.54) is 10.7 Å². The van der Waals surface area contributed by atoms with Gasteiger partial charge in [0.2, 0.25) is 0 Å². The van der Waals surface area contributed by atoms with E-state index < -0.39 is 27.0 Å². The third-order valence-corrected chi connectivity index (χ3v) is 5.05. The lowest BCUT2D eigenvalue weighted by Gasteiger charge is -2.15. The maximum atomic E-state index is 12.5.